The van der Waals surface area contributed by atoms with Gasteiger partial charge in [-0.05, 0) is 19.8 Å². The summed E-state index contributed by atoms with van der Waals surface area (Å²) in [5.74, 6) is -0.351. The van der Waals surface area contributed by atoms with Crippen LogP contribution in [0.15, 0.2) is 36.0 Å². The normalized spacial score (nSPS) is 18.1. The van der Waals surface area contributed by atoms with Gasteiger partial charge in [0.1, 0.15) is 0 Å². The summed E-state index contributed by atoms with van der Waals surface area (Å²) in [6.45, 7) is 4.52. The summed E-state index contributed by atoms with van der Waals surface area (Å²) in [4.78, 5) is 24.4. The Morgan fingerprint density at radius 1 is 1.38 bits per heavy atom. The molecule has 0 spiro atoms. The second kappa shape index (κ2) is 9.29. The number of hydrogen-bond donors (Lipinski definition) is 1. The number of carbonyl (C=O) groups excluding carboxylic acids is 2. The minimum atomic E-state index is -0.414. The number of aliphatic hydroxyl groups excluding tert-OH is 1. The molecule has 0 aliphatic carbocycles. The fourth-order valence-corrected chi connectivity index (χ4v) is 2.17. The van der Waals surface area contributed by atoms with Crippen molar-refractivity contribution in [1.29, 1.82) is 0 Å². The van der Waals surface area contributed by atoms with Gasteiger partial charge in [0.25, 0.3) is 5.91 Å². The van der Waals surface area contributed by atoms with Gasteiger partial charge in [-0.15, -0.1) is 0 Å². The highest BCUT2D eigenvalue weighted by Gasteiger charge is 2.24. The van der Waals surface area contributed by atoms with Gasteiger partial charge in [-0.3, -0.25) is 14.5 Å². The lowest BCUT2D eigenvalue weighted by atomic mass is 10.1. The minimum absolute atomic E-state index is 0.0937. The molecule has 1 aliphatic heterocycles. The van der Waals surface area contributed by atoms with Crippen molar-refractivity contribution in [2.45, 2.75) is 52.1 Å². The average Bonchev–Trinajstić information content (AvgIpc) is 2.87. The molecule has 1 N–H and O–H groups in total. The van der Waals surface area contributed by atoms with E-state index in [-0.39, 0.29) is 11.8 Å². The molecule has 1 saturated heterocycles. The van der Waals surface area contributed by atoms with Gasteiger partial charge in [0.2, 0.25) is 5.91 Å². The number of carbonyl (C=O) groups is 2. The number of imide groups is 1. The van der Waals surface area contributed by atoms with Gasteiger partial charge in [-0.25, -0.2) is 0 Å². The lowest BCUT2D eigenvalue weighted by molar-refractivity contribution is -0.138. The van der Waals surface area contributed by atoms with Crippen molar-refractivity contribution < 1.29 is 14.7 Å². The number of amides is 2. The summed E-state index contributed by atoms with van der Waals surface area (Å²) in [7, 11) is 0. The zero-order chi connectivity index (χ0) is 15.7. The fraction of sp³-hybridized carbons (Fsp3) is 0.529. The molecule has 116 valence electrons. The Balaban J connectivity index is 2.42. The molecule has 4 heteroatoms. The zero-order valence-corrected chi connectivity index (χ0v) is 12.9. The van der Waals surface area contributed by atoms with Crippen LogP contribution in [0.3, 0.4) is 0 Å². The van der Waals surface area contributed by atoms with Gasteiger partial charge in [-0.2, -0.15) is 0 Å². The van der Waals surface area contributed by atoms with Crippen LogP contribution in [0.5, 0.6) is 0 Å². The summed E-state index contributed by atoms with van der Waals surface area (Å²) >= 11 is 0. The molecule has 0 bridgehead atoms. The van der Waals surface area contributed by atoms with E-state index in [9.17, 15) is 14.7 Å². The summed E-state index contributed by atoms with van der Waals surface area (Å²) in [5, 5.41) is 9.74. The summed E-state index contributed by atoms with van der Waals surface area (Å²) in [6.07, 6.45) is 12.1. The van der Waals surface area contributed by atoms with Crippen LogP contribution in [-0.2, 0) is 9.59 Å². The molecule has 1 rings (SSSR count). The lowest BCUT2D eigenvalue weighted by Crippen LogP contribution is -2.30. The lowest BCUT2D eigenvalue weighted by Gasteiger charge is -2.09. The first kappa shape index (κ1) is 17.4. The third-order valence-electron chi connectivity index (χ3n) is 3.36. The van der Waals surface area contributed by atoms with Crippen molar-refractivity contribution in [3.63, 3.8) is 0 Å². The van der Waals surface area contributed by atoms with E-state index in [1.165, 1.54) is 11.0 Å². The van der Waals surface area contributed by atoms with Gasteiger partial charge in [0, 0.05) is 19.0 Å². The molecule has 0 saturated carbocycles. The average molecular weight is 291 g/mol. The molecular weight excluding hydrogens is 266 g/mol. The number of unbranched alkanes of at least 4 members (excludes halogenated alkanes) is 1. The van der Waals surface area contributed by atoms with Crippen LogP contribution >= 0.6 is 0 Å². The van der Waals surface area contributed by atoms with Crippen molar-refractivity contribution in [2.24, 2.45) is 0 Å². The molecule has 1 unspecified atom stereocenters. The van der Waals surface area contributed by atoms with E-state index in [4.69, 9.17) is 0 Å². The predicted octanol–water partition coefficient (Wildman–Crippen LogP) is 2.75. The Morgan fingerprint density at radius 2 is 2.10 bits per heavy atom. The topological polar surface area (TPSA) is 57.6 Å². The first-order chi connectivity index (χ1) is 10.0. The molecule has 0 aromatic rings. The van der Waals surface area contributed by atoms with Crippen LogP contribution in [0.2, 0.25) is 0 Å². The van der Waals surface area contributed by atoms with Crippen LogP contribution in [-0.4, -0.2) is 34.5 Å². The Morgan fingerprint density at radius 3 is 2.71 bits per heavy atom. The Bertz CT molecular complexity index is 449. The summed E-state index contributed by atoms with van der Waals surface area (Å²) in [6, 6.07) is 0. The standard InChI is InChI=1S/C17H25NO3/c1-3-4-9-15(19)13-14(2)8-5-6-10-16(20)18-12-7-11-17(18)21/h5-6,8,10,13,15,19H,3-4,7,9,11-12H2,1-2H3/b8-5+,10-6+,14-13+. The van der Waals surface area contributed by atoms with Crippen molar-refractivity contribution in [3.05, 3.63) is 36.0 Å². The van der Waals surface area contributed by atoms with Gasteiger partial charge in [0.05, 0.1) is 6.10 Å². The minimum Gasteiger partial charge on any atom is -0.389 e. The number of rotatable bonds is 7. The number of aliphatic hydroxyl groups is 1. The first-order valence-corrected chi connectivity index (χ1v) is 7.60. The molecule has 1 aliphatic rings. The number of nitrogens with zero attached hydrogens (tertiary/aromatic N) is 1. The third-order valence-corrected chi connectivity index (χ3v) is 3.36. The SMILES string of the molecule is CCCCC(O)/C=C(C)/C=C/C=C/C(=O)N1CCCC1=O. The van der Waals surface area contributed by atoms with Crippen molar-refractivity contribution in [1.82, 2.24) is 4.90 Å². The Labute approximate surface area is 126 Å². The smallest absolute Gasteiger partial charge is 0.253 e. The van der Waals surface area contributed by atoms with Gasteiger partial charge < -0.3 is 5.11 Å². The largest absolute Gasteiger partial charge is 0.389 e. The summed E-state index contributed by atoms with van der Waals surface area (Å²) < 4.78 is 0. The molecule has 2 amide bonds. The van der Waals surface area contributed by atoms with Crippen LogP contribution in [0.4, 0.5) is 0 Å². The first-order valence-electron chi connectivity index (χ1n) is 7.60. The fourth-order valence-electron chi connectivity index (χ4n) is 2.17. The monoisotopic (exact) mass is 291 g/mol. The molecule has 0 aromatic heterocycles. The Hall–Kier alpha value is -1.68. The third kappa shape index (κ3) is 6.54. The number of likely N-dealkylation sites (tertiary alicyclic amines) is 1. The van der Waals surface area contributed by atoms with E-state index in [1.807, 2.05) is 19.1 Å². The van der Waals surface area contributed by atoms with E-state index >= 15 is 0 Å². The van der Waals surface area contributed by atoms with E-state index < -0.39 is 6.10 Å². The van der Waals surface area contributed by atoms with E-state index in [2.05, 4.69) is 6.92 Å². The highest BCUT2D eigenvalue weighted by Crippen LogP contribution is 2.10. The molecule has 1 heterocycles. The molecule has 21 heavy (non-hydrogen) atoms. The predicted molar refractivity (Wildman–Crippen MR) is 83.5 cm³/mol. The van der Waals surface area contributed by atoms with Crippen LogP contribution in [0.1, 0.15) is 46.0 Å². The zero-order valence-electron chi connectivity index (χ0n) is 12.9. The van der Waals surface area contributed by atoms with Crippen LogP contribution in [0, 0.1) is 0 Å². The quantitative estimate of drug-likeness (QED) is 0.579. The molecule has 1 fully saturated rings. The molecule has 4 nitrogen and oxygen atoms in total. The molecule has 0 radical (unpaired) electrons. The van der Waals surface area contributed by atoms with Crippen molar-refractivity contribution in [3.8, 4) is 0 Å². The highest BCUT2D eigenvalue weighted by molar-refractivity contribution is 6.02. The van der Waals surface area contributed by atoms with Crippen LogP contribution < -0.4 is 0 Å². The maximum absolute atomic E-state index is 11.7. The van der Waals surface area contributed by atoms with E-state index in [1.54, 1.807) is 12.2 Å². The van der Waals surface area contributed by atoms with Crippen molar-refractivity contribution >= 4 is 11.8 Å². The van der Waals surface area contributed by atoms with Crippen LogP contribution in [0.25, 0.3) is 0 Å². The maximum Gasteiger partial charge on any atom is 0.253 e. The van der Waals surface area contributed by atoms with Crippen molar-refractivity contribution in [2.75, 3.05) is 6.54 Å². The maximum atomic E-state index is 11.7. The molecule has 0 aromatic carbocycles. The second-order valence-corrected chi connectivity index (χ2v) is 5.33. The highest BCUT2D eigenvalue weighted by atomic mass is 16.3. The van der Waals surface area contributed by atoms with E-state index in [0.29, 0.717) is 13.0 Å². The van der Waals surface area contributed by atoms with Gasteiger partial charge in [-0.1, -0.05) is 49.6 Å². The second-order valence-electron chi connectivity index (χ2n) is 5.33. The molecular formula is C17H25NO3. The van der Waals surface area contributed by atoms with Gasteiger partial charge in [0.15, 0.2) is 0 Å². The van der Waals surface area contributed by atoms with Gasteiger partial charge >= 0.3 is 0 Å². The number of allylic oxidation sites excluding steroid dienone is 4. The number of hydrogen-bond acceptors (Lipinski definition) is 3. The Kier molecular flexibility index (Phi) is 7.69. The summed E-state index contributed by atoms with van der Waals surface area (Å²) in [5.41, 5.74) is 0.952. The molecule has 1 atom stereocenters. The van der Waals surface area contributed by atoms with E-state index in [0.717, 1.165) is 31.3 Å².